The number of hydrogen-bond acceptors (Lipinski definition) is 8. The van der Waals surface area contributed by atoms with Crippen molar-refractivity contribution >= 4 is 39.3 Å². The van der Waals surface area contributed by atoms with E-state index in [0.29, 0.717) is 43.8 Å². The molecule has 1 unspecified atom stereocenters. The molecule has 0 bridgehead atoms. The van der Waals surface area contributed by atoms with Crippen LogP contribution in [0.5, 0.6) is 0 Å². The highest BCUT2D eigenvalue weighted by atomic mass is 19.1. The molecule has 5 aromatic rings. The summed E-state index contributed by atoms with van der Waals surface area (Å²) >= 11 is 0. The van der Waals surface area contributed by atoms with Crippen molar-refractivity contribution in [3.63, 3.8) is 0 Å². The number of hydrogen-bond donors (Lipinski definition) is 1. The average molecular weight is 572 g/mol. The van der Waals surface area contributed by atoms with E-state index in [2.05, 4.69) is 25.1 Å². The van der Waals surface area contributed by atoms with Crippen LogP contribution >= 0.6 is 0 Å². The lowest BCUT2D eigenvalue weighted by Gasteiger charge is -2.26. The number of anilines is 2. The maximum atomic E-state index is 14.2. The van der Waals surface area contributed by atoms with Crippen LogP contribution in [0.4, 0.5) is 20.3 Å². The van der Waals surface area contributed by atoms with Crippen molar-refractivity contribution in [2.24, 2.45) is 0 Å². The highest BCUT2D eigenvalue weighted by Crippen LogP contribution is 2.33. The van der Waals surface area contributed by atoms with Crippen molar-refractivity contribution in [3.05, 3.63) is 84.3 Å². The number of alkyl halides is 1. The Morgan fingerprint density at radius 2 is 2.07 bits per heavy atom. The minimum absolute atomic E-state index is 0.188. The van der Waals surface area contributed by atoms with E-state index < -0.39 is 18.4 Å². The van der Waals surface area contributed by atoms with Crippen molar-refractivity contribution in [3.8, 4) is 0 Å². The van der Waals surface area contributed by atoms with Gasteiger partial charge >= 0.3 is 5.97 Å². The van der Waals surface area contributed by atoms with Crippen molar-refractivity contribution in [2.75, 3.05) is 11.4 Å². The van der Waals surface area contributed by atoms with Crippen LogP contribution in [0, 0.1) is 5.82 Å². The summed E-state index contributed by atoms with van der Waals surface area (Å²) < 4.78 is 33.3. The first-order valence-corrected chi connectivity index (χ1v) is 14.1. The third-order valence-electron chi connectivity index (χ3n) is 7.54. The van der Waals surface area contributed by atoms with Gasteiger partial charge in [-0.05, 0) is 67.8 Å². The summed E-state index contributed by atoms with van der Waals surface area (Å²) in [4.78, 5) is 30.5. The molecule has 4 heterocycles. The molecule has 1 saturated heterocycles. The molecule has 0 aliphatic carbocycles. The van der Waals surface area contributed by atoms with Crippen LogP contribution in [0.3, 0.4) is 0 Å². The average Bonchev–Trinajstić information content (AvgIpc) is 3.65. The van der Waals surface area contributed by atoms with Crippen LogP contribution in [-0.4, -0.2) is 55.0 Å². The monoisotopic (exact) mass is 571 g/mol. The Morgan fingerprint density at radius 1 is 1.17 bits per heavy atom. The van der Waals surface area contributed by atoms with Crippen LogP contribution < -0.4 is 4.90 Å². The number of aromatic amines is 1. The zero-order valence-corrected chi connectivity index (χ0v) is 23.2. The number of rotatable bonds is 10. The van der Waals surface area contributed by atoms with E-state index in [1.165, 1.54) is 18.5 Å². The molecule has 6 rings (SSSR count). The van der Waals surface area contributed by atoms with Crippen LogP contribution in [0.1, 0.15) is 43.9 Å². The molecule has 42 heavy (non-hydrogen) atoms. The molecule has 11 heteroatoms. The summed E-state index contributed by atoms with van der Waals surface area (Å²) in [5, 5.41) is 8.80. The summed E-state index contributed by atoms with van der Waals surface area (Å²) in [5.41, 5.74) is 3.89. The molecule has 3 aromatic heterocycles. The number of halogens is 2. The zero-order valence-electron chi connectivity index (χ0n) is 23.2. The Labute approximate surface area is 241 Å². The molecule has 9 nitrogen and oxygen atoms in total. The summed E-state index contributed by atoms with van der Waals surface area (Å²) in [6.45, 7) is 3.27. The van der Waals surface area contributed by atoms with E-state index in [-0.39, 0.29) is 12.2 Å². The quantitative estimate of drug-likeness (QED) is 0.204. The molecule has 1 fully saturated rings. The van der Waals surface area contributed by atoms with E-state index in [4.69, 9.17) is 4.74 Å². The number of aromatic nitrogens is 5. The van der Waals surface area contributed by atoms with Crippen molar-refractivity contribution < 1.29 is 18.3 Å². The maximum Gasteiger partial charge on any atom is 0.325 e. The molecule has 0 radical (unpaired) electrons. The van der Waals surface area contributed by atoms with Crippen LogP contribution in [0.2, 0.25) is 0 Å². The topological polar surface area (TPSA) is 100 Å². The van der Waals surface area contributed by atoms with E-state index in [0.717, 1.165) is 39.7 Å². The zero-order chi connectivity index (χ0) is 29.1. The number of ether oxygens (including phenoxy) is 1. The molecule has 1 aliphatic heterocycles. The first-order valence-electron chi connectivity index (χ1n) is 14.1. The number of benzene rings is 2. The lowest BCUT2D eigenvalue weighted by molar-refractivity contribution is -0.164. The minimum atomic E-state index is -1.59. The van der Waals surface area contributed by atoms with Gasteiger partial charge in [0.05, 0.1) is 29.1 Å². The molecule has 1 aliphatic rings. The number of nitrogens with one attached hydrogen (secondary N) is 1. The second-order valence-corrected chi connectivity index (χ2v) is 10.5. The molecular formula is C31H31F2N7O2. The molecule has 2 aromatic carbocycles. The maximum absolute atomic E-state index is 14.2. The van der Waals surface area contributed by atoms with Gasteiger partial charge in [-0.15, -0.1) is 0 Å². The lowest BCUT2D eigenvalue weighted by atomic mass is 10.1. The van der Waals surface area contributed by atoms with Gasteiger partial charge in [-0.2, -0.15) is 5.10 Å². The first-order chi connectivity index (χ1) is 20.5. The largest absolute Gasteiger partial charge is 0.430 e. The smallest absolute Gasteiger partial charge is 0.325 e. The van der Waals surface area contributed by atoms with Crippen LogP contribution in [-0.2, 0) is 22.6 Å². The standard InChI is InChI=1S/C31H31F2N7O2/c1-2-5-29(33)42-31(41)28-8-4-11-39(28)18-23-14-25-27(16-34-23)35-19-36-30(25)40(17-20-6-3-7-22(32)12-20)24-9-10-26-21(13-24)15-37-38-26/h3,6-7,9-10,12-16,19,28-29H,2,4-5,8,11,17-18H2,1H3,(H,37,38)/t28-,29?/m1/s1. The predicted molar refractivity (Wildman–Crippen MR) is 155 cm³/mol. The number of carbonyl (C=O) groups is 1. The SMILES string of the molecule is CCCC(F)OC(=O)[C@H]1CCCN1Cc1cc2c(N(Cc3cccc(F)c3)c3ccc4[nH]ncc4c3)ncnc2cn1. The summed E-state index contributed by atoms with van der Waals surface area (Å²) in [6.07, 6.45) is 5.55. The van der Waals surface area contributed by atoms with Gasteiger partial charge in [0.2, 0.25) is 6.36 Å². The third kappa shape index (κ3) is 5.91. The number of pyridine rings is 1. The Balaban J connectivity index is 1.34. The number of fused-ring (bicyclic) bond motifs is 2. The molecular weight excluding hydrogens is 540 g/mol. The minimum Gasteiger partial charge on any atom is -0.430 e. The first kappa shape index (κ1) is 27.6. The second kappa shape index (κ2) is 12.2. The van der Waals surface area contributed by atoms with E-state index in [1.807, 2.05) is 47.1 Å². The number of esters is 1. The normalized spacial score (nSPS) is 16.2. The highest BCUT2D eigenvalue weighted by molar-refractivity contribution is 5.92. The molecule has 1 N–H and O–H groups in total. The summed E-state index contributed by atoms with van der Waals surface area (Å²) in [7, 11) is 0. The Hall–Kier alpha value is -4.51. The van der Waals surface area contributed by atoms with Crippen molar-refractivity contribution in [1.29, 1.82) is 0 Å². The van der Waals surface area contributed by atoms with Gasteiger partial charge in [0.15, 0.2) is 0 Å². The number of nitrogens with zero attached hydrogens (tertiary/aromatic N) is 6. The highest BCUT2D eigenvalue weighted by Gasteiger charge is 2.33. The summed E-state index contributed by atoms with van der Waals surface area (Å²) in [6, 6.07) is 13.8. The Morgan fingerprint density at radius 3 is 2.93 bits per heavy atom. The van der Waals surface area contributed by atoms with Crippen molar-refractivity contribution in [2.45, 2.75) is 58.1 Å². The predicted octanol–water partition coefficient (Wildman–Crippen LogP) is 5.98. The molecule has 216 valence electrons. The molecule has 0 spiro atoms. The Bertz CT molecular complexity index is 1710. The van der Waals surface area contributed by atoms with Gasteiger partial charge in [-0.3, -0.25) is 19.8 Å². The molecule has 2 atom stereocenters. The fourth-order valence-corrected chi connectivity index (χ4v) is 5.48. The molecule has 0 amide bonds. The van der Waals surface area contributed by atoms with Crippen LogP contribution in [0.25, 0.3) is 21.8 Å². The van der Waals surface area contributed by atoms with Gasteiger partial charge in [0.25, 0.3) is 0 Å². The Kier molecular flexibility index (Phi) is 8.00. The molecule has 0 saturated carbocycles. The van der Waals surface area contributed by atoms with Gasteiger partial charge < -0.3 is 9.64 Å². The van der Waals surface area contributed by atoms with Crippen molar-refractivity contribution in [1.82, 2.24) is 30.0 Å². The van der Waals surface area contributed by atoms with Gasteiger partial charge in [-0.25, -0.2) is 18.7 Å². The van der Waals surface area contributed by atoms with Gasteiger partial charge in [0, 0.05) is 36.0 Å². The third-order valence-corrected chi connectivity index (χ3v) is 7.54. The number of H-pyrrole nitrogens is 1. The number of likely N-dealkylation sites (tertiary alicyclic amines) is 1. The van der Waals surface area contributed by atoms with Gasteiger partial charge in [-0.1, -0.05) is 19.1 Å². The fraction of sp³-hybridized carbons (Fsp3) is 0.323. The number of carbonyl (C=O) groups excluding carboxylic acids is 1. The fourth-order valence-electron chi connectivity index (χ4n) is 5.48. The second-order valence-electron chi connectivity index (χ2n) is 10.5. The van der Waals surface area contributed by atoms with Gasteiger partial charge in [0.1, 0.15) is 24.0 Å². The lowest BCUT2D eigenvalue weighted by Crippen LogP contribution is -2.38. The van der Waals surface area contributed by atoms with E-state index >= 15 is 0 Å². The van der Waals surface area contributed by atoms with E-state index in [9.17, 15) is 13.6 Å². The summed E-state index contributed by atoms with van der Waals surface area (Å²) in [5.74, 6) is -0.216. The van der Waals surface area contributed by atoms with E-state index in [1.54, 1.807) is 18.5 Å². The van der Waals surface area contributed by atoms with Crippen LogP contribution in [0.15, 0.2) is 67.3 Å².